The molecular formula is C23H23N3O2S. The quantitative estimate of drug-likeness (QED) is 0.710. The van der Waals surface area contributed by atoms with Crippen LogP contribution in [-0.4, -0.2) is 48.3 Å². The molecule has 5 nitrogen and oxygen atoms in total. The Bertz CT molecular complexity index is 988. The number of carbonyl (C=O) groups is 2. The largest absolute Gasteiger partial charge is 0.329 e. The van der Waals surface area contributed by atoms with Crippen molar-refractivity contribution in [1.82, 2.24) is 9.80 Å². The highest BCUT2D eigenvalue weighted by Crippen LogP contribution is 2.27. The van der Waals surface area contributed by atoms with E-state index < -0.39 is 0 Å². The van der Waals surface area contributed by atoms with Crippen LogP contribution in [0.1, 0.15) is 31.6 Å². The molecule has 1 atom stereocenters. The van der Waals surface area contributed by atoms with Crippen molar-refractivity contribution >= 4 is 28.8 Å². The van der Waals surface area contributed by atoms with E-state index in [0.717, 1.165) is 18.7 Å². The van der Waals surface area contributed by atoms with E-state index in [9.17, 15) is 9.59 Å². The summed E-state index contributed by atoms with van der Waals surface area (Å²) in [6.07, 6.45) is 0. The Balaban J connectivity index is 1.55. The van der Waals surface area contributed by atoms with Crippen LogP contribution in [0.4, 0.5) is 5.69 Å². The maximum Gasteiger partial charge on any atom is 0.265 e. The second kappa shape index (κ2) is 8.59. The summed E-state index contributed by atoms with van der Waals surface area (Å²) in [6.45, 7) is 2.30. The molecule has 3 aromatic rings. The van der Waals surface area contributed by atoms with E-state index >= 15 is 0 Å². The number of hydrogen-bond donors (Lipinski definition) is 1. The van der Waals surface area contributed by atoms with Gasteiger partial charge in [-0.25, -0.2) is 0 Å². The number of anilines is 1. The molecular weight excluding hydrogens is 382 g/mol. The smallest absolute Gasteiger partial charge is 0.265 e. The number of hydrogen-bond acceptors (Lipinski definition) is 4. The van der Waals surface area contributed by atoms with E-state index in [4.69, 9.17) is 0 Å². The summed E-state index contributed by atoms with van der Waals surface area (Å²) >= 11 is 1.39. The third-order valence-corrected chi connectivity index (χ3v) is 6.01. The summed E-state index contributed by atoms with van der Waals surface area (Å²) in [5.74, 6) is -0.175. The summed E-state index contributed by atoms with van der Waals surface area (Å²) < 4.78 is 0. The van der Waals surface area contributed by atoms with Gasteiger partial charge in [-0.3, -0.25) is 9.59 Å². The number of amides is 2. The molecule has 1 saturated heterocycles. The van der Waals surface area contributed by atoms with Crippen LogP contribution in [0.3, 0.4) is 0 Å². The molecule has 6 heteroatoms. The van der Waals surface area contributed by atoms with Crippen LogP contribution < -0.4 is 5.32 Å². The van der Waals surface area contributed by atoms with Crippen molar-refractivity contribution in [2.24, 2.45) is 0 Å². The number of thiophene rings is 1. The van der Waals surface area contributed by atoms with Gasteiger partial charge in [0.05, 0.1) is 10.9 Å². The van der Waals surface area contributed by atoms with Gasteiger partial charge in [0.25, 0.3) is 11.8 Å². The average molecular weight is 406 g/mol. The number of nitrogens with one attached hydrogen (secondary N) is 1. The summed E-state index contributed by atoms with van der Waals surface area (Å²) in [6, 6.07) is 21.0. The molecule has 2 amide bonds. The summed E-state index contributed by atoms with van der Waals surface area (Å²) in [5.41, 5.74) is 2.34. The maximum atomic E-state index is 13.4. The zero-order chi connectivity index (χ0) is 20.2. The van der Waals surface area contributed by atoms with Gasteiger partial charge in [0.1, 0.15) is 0 Å². The first-order valence-electron chi connectivity index (χ1n) is 9.61. The van der Waals surface area contributed by atoms with E-state index in [0.29, 0.717) is 22.7 Å². The van der Waals surface area contributed by atoms with E-state index in [-0.39, 0.29) is 17.9 Å². The van der Waals surface area contributed by atoms with Crippen molar-refractivity contribution < 1.29 is 9.59 Å². The van der Waals surface area contributed by atoms with E-state index in [2.05, 4.69) is 29.4 Å². The van der Waals surface area contributed by atoms with Crippen LogP contribution in [0.2, 0.25) is 0 Å². The molecule has 0 saturated carbocycles. The van der Waals surface area contributed by atoms with Gasteiger partial charge in [-0.05, 0) is 42.3 Å². The van der Waals surface area contributed by atoms with Gasteiger partial charge >= 0.3 is 0 Å². The Morgan fingerprint density at radius 1 is 1.00 bits per heavy atom. The zero-order valence-corrected chi connectivity index (χ0v) is 17.1. The molecule has 1 N–H and O–H groups in total. The van der Waals surface area contributed by atoms with E-state index in [1.165, 1.54) is 11.3 Å². The molecule has 1 aromatic heterocycles. The predicted molar refractivity (Wildman–Crippen MR) is 116 cm³/mol. The molecule has 0 spiro atoms. The van der Waals surface area contributed by atoms with Gasteiger partial charge in [0.15, 0.2) is 0 Å². The molecule has 0 unspecified atom stereocenters. The highest BCUT2D eigenvalue weighted by atomic mass is 32.1. The highest BCUT2D eigenvalue weighted by molar-refractivity contribution is 7.12. The Labute approximate surface area is 174 Å². The fourth-order valence-corrected chi connectivity index (χ4v) is 4.24. The molecule has 29 heavy (non-hydrogen) atoms. The van der Waals surface area contributed by atoms with Crippen LogP contribution in [-0.2, 0) is 0 Å². The lowest BCUT2D eigenvalue weighted by Crippen LogP contribution is -2.49. The molecule has 1 aliphatic rings. The van der Waals surface area contributed by atoms with Gasteiger partial charge in [0.2, 0.25) is 0 Å². The number of likely N-dealkylation sites (N-methyl/N-ethyl adjacent to an activating group) is 1. The Morgan fingerprint density at radius 2 is 1.83 bits per heavy atom. The third-order valence-electron chi connectivity index (χ3n) is 5.14. The molecule has 148 valence electrons. The Morgan fingerprint density at radius 3 is 2.59 bits per heavy atom. The third kappa shape index (κ3) is 4.39. The summed E-state index contributed by atoms with van der Waals surface area (Å²) in [5, 5.41) is 4.75. The van der Waals surface area contributed by atoms with Crippen molar-refractivity contribution in [2.75, 3.05) is 32.0 Å². The molecule has 0 aliphatic carbocycles. The number of nitrogens with zero attached hydrogens (tertiary/aromatic N) is 2. The lowest BCUT2D eigenvalue weighted by atomic mass is 10.0. The van der Waals surface area contributed by atoms with Crippen molar-refractivity contribution in [3.05, 3.63) is 88.1 Å². The van der Waals surface area contributed by atoms with Crippen LogP contribution in [0.5, 0.6) is 0 Å². The Kier molecular flexibility index (Phi) is 5.74. The van der Waals surface area contributed by atoms with Gasteiger partial charge in [-0.1, -0.05) is 42.5 Å². The average Bonchev–Trinajstić information content (AvgIpc) is 3.29. The molecule has 2 aromatic carbocycles. The maximum absolute atomic E-state index is 13.4. The zero-order valence-electron chi connectivity index (χ0n) is 16.2. The van der Waals surface area contributed by atoms with Gasteiger partial charge in [-0.2, -0.15) is 0 Å². The van der Waals surface area contributed by atoms with Gasteiger partial charge < -0.3 is 15.1 Å². The fraction of sp³-hybridized carbons (Fsp3) is 0.217. The topological polar surface area (TPSA) is 52.6 Å². The minimum atomic E-state index is -0.161. The second-order valence-corrected chi connectivity index (χ2v) is 8.15. The monoisotopic (exact) mass is 405 g/mol. The van der Waals surface area contributed by atoms with Crippen molar-refractivity contribution in [2.45, 2.75) is 6.04 Å². The van der Waals surface area contributed by atoms with Crippen molar-refractivity contribution in [1.29, 1.82) is 0 Å². The van der Waals surface area contributed by atoms with Gasteiger partial charge in [-0.15, -0.1) is 11.3 Å². The molecule has 1 fully saturated rings. The Hall–Kier alpha value is -2.96. The predicted octanol–water partition coefficient (Wildman–Crippen LogP) is 4.13. The first-order chi connectivity index (χ1) is 14.1. The number of carbonyl (C=O) groups excluding carboxylic acids is 2. The minimum absolute atomic E-state index is 0.00631. The van der Waals surface area contributed by atoms with Crippen LogP contribution in [0, 0.1) is 0 Å². The molecule has 0 radical (unpaired) electrons. The summed E-state index contributed by atoms with van der Waals surface area (Å²) in [4.78, 5) is 30.5. The lowest BCUT2D eigenvalue weighted by molar-refractivity contribution is 0.0498. The molecule has 4 rings (SSSR count). The normalized spacial score (nSPS) is 17.1. The van der Waals surface area contributed by atoms with Crippen molar-refractivity contribution in [3.8, 4) is 0 Å². The van der Waals surface area contributed by atoms with Gasteiger partial charge in [0, 0.05) is 30.9 Å². The van der Waals surface area contributed by atoms with E-state index in [1.54, 1.807) is 18.2 Å². The molecule has 1 aliphatic heterocycles. The van der Waals surface area contributed by atoms with Crippen LogP contribution in [0.25, 0.3) is 0 Å². The molecule has 0 bridgehead atoms. The number of piperazine rings is 1. The van der Waals surface area contributed by atoms with Crippen LogP contribution in [0.15, 0.2) is 72.1 Å². The number of benzene rings is 2. The minimum Gasteiger partial charge on any atom is -0.329 e. The van der Waals surface area contributed by atoms with Crippen molar-refractivity contribution in [3.63, 3.8) is 0 Å². The fourth-order valence-electron chi connectivity index (χ4n) is 3.62. The first kappa shape index (κ1) is 19.4. The van der Waals surface area contributed by atoms with Crippen LogP contribution >= 0.6 is 11.3 Å². The standard InChI is InChI=1S/C23H23N3O2S/c1-25-12-13-26(20(16-25)17-7-3-2-4-8-17)23(28)18-9-5-10-19(15-18)24-22(27)21-11-6-14-29-21/h2-11,14-15,20H,12-13,16H2,1H3,(H,24,27)/t20-/m0/s1. The second-order valence-electron chi connectivity index (χ2n) is 7.20. The highest BCUT2D eigenvalue weighted by Gasteiger charge is 2.30. The van der Waals surface area contributed by atoms with E-state index in [1.807, 2.05) is 46.7 Å². The molecule has 2 heterocycles. The number of rotatable bonds is 4. The summed E-state index contributed by atoms with van der Waals surface area (Å²) in [7, 11) is 2.08. The first-order valence-corrected chi connectivity index (χ1v) is 10.5. The lowest BCUT2D eigenvalue weighted by Gasteiger charge is -2.40. The SMILES string of the molecule is CN1CCN(C(=O)c2cccc(NC(=O)c3cccs3)c2)[C@H](c2ccccc2)C1.